The Balaban J connectivity index is 1.82. The number of hydrogen-bond donors (Lipinski definition) is 4. The van der Waals surface area contributed by atoms with Gasteiger partial charge in [0.1, 0.15) is 11.6 Å². The number of carbonyl (C=O) groups excluding carboxylic acids is 1. The number of carbonyl (C=O) groups is 1. The Kier molecular flexibility index (Phi) is 6.64. The van der Waals surface area contributed by atoms with Crippen LogP contribution in [-0.2, 0) is 4.79 Å². The highest BCUT2D eigenvalue weighted by atomic mass is 16.7. The Labute approximate surface area is 169 Å². The van der Waals surface area contributed by atoms with E-state index in [0.717, 1.165) is 24.2 Å². The summed E-state index contributed by atoms with van der Waals surface area (Å²) in [5, 5.41) is 30.0. The van der Waals surface area contributed by atoms with Crippen LogP contribution < -0.4 is 10.1 Å². The highest BCUT2D eigenvalue weighted by Gasteiger charge is 2.27. The summed E-state index contributed by atoms with van der Waals surface area (Å²) in [7, 11) is 0. The van der Waals surface area contributed by atoms with E-state index in [1.807, 2.05) is 43.3 Å². The van der Waals surface area contributed by atoms with E-state index in [-0.39, 0.29) is 18.2 Å². The predicted molar refractivity (Wildman–Crippen MR) is 109 cm³/mol. The van der Waals surface area contributed by atoms with E-state index in [1.165, 1.54) is 5.56 Å². The monoisotopic (exact) mass is 398 g/mol. The van der Waals surface area contributed by atoms with Crippen molar-refractivity contribution in [1.82, 2.24) is 5.32 Å². The van der Waals surface area contributed by atoms with Crippen LogP contribution in [0.1, 0.15) is 54.7 Å². The van der Waals surface area contributed by atoms with Gasteiger partial charge in [-0.3, -0.25) is 10.1 Å². The number of hydrogen-bond acceptors (Lipinski definition) is 5. The fourth-order valence-corrected chi connectivity index (χ4v) is 3.28. The summed E-state index contributed by atoms with van der Waals surface area (Å²) in [6, 6.07) is 15.3. The second-order valence-electron chi connectivity index (χ2n) is 7.32. The smallest absolute Gasteiger partial charge is 0.368 e. The Morgan fingerprint density at radius 1 is 1.24 bits per heavy atom. The van der Waals surface area contributed by atoms with E-state index in [1.54, 1.807) is 6.07 Å². The summed E-state index contributed by atoms with van der Waals surface area (Å²) in [6.07, 6.45) is 0.0897. The van der Waals surface area contributed by atoms with Crippen molar-refractivity contribution in [3.05, 3.63) is 65.2 Å². The minimum Gasteiger partial charge on any atom is -0.494 e. The number of amides is 1. The SMILES string of the molecule is CC(CCOc1ccccc1)c1cc(C2CC2)ccc1/C(=N\C=O)NC(O)(O)O. The fourth-order valence-electron chi connectivity index (χ4n) is 3.28. The molecule has 0 radical (unpaired) electrons. The van der Waals surface area contributed by atoms with Crippen molar-refractivity contribution in [1.29, 1.82) is 0 Å². The predicted octanol–water partition coefficient (Wildman–Crippen LogP) is 2.22. The second-order valence-corrected chi connectivity index (χ2v) is 7.32. The summed E-state index contributed by atoms with van der Waals surface area (Å²) >= 11 is 0. The number of nitrogens with zero attached hydrogens (tertiary/aromatic N) is 1. The molecule has 0 bridgehead atoms. The minimum absolute atomic E-state index is 0.0385. The van der Waals surface area contributed by atoms with Crippen molar-refractivity contribution in [2.24, 2.45) is 4.99 Å². The van der Waals surface area contributed by atoms with E-state index in [9.17, 15) is 20.1 Å². The number of para-hydroxylation sites is 1. The van der Waals surface area contributed by atoms with Gasteiger partial charge in [-0.05, 0) is 54.4 Å². The van der Waals surface area contributed by atoms with Gasteiger partial charge in [-0.15, -0.1) is 0 Å². The first-order valence-corrected chi connectivity index (χ1v) is 9.66. The molecule has 0 aromatic heterocycles. The average Bonchev–Trinajstić information content (AvgIpc) is 3.52. The molecule has 1 amide bonds. The molecule has 0 heterocycles. The van der Waals surface area contributed by atoms with Crippen LogP contribution in [0.25, 0.3) is 0 Å². The lowest BCUT2D eigenvalue weighted by Crippen LogP contribution is -2.48. The molecule has 1 fully saturated rings. The van der Waals surface area contributed by atoms with Crippen molar-refractivity contribution in [2.75, 3.05) is 6.61 Å². The molecule has 4 N–H and O–H groups in total. The minimum atomic E-state index is -3.19. The molecule has 7 nitrogen and oxygen atoms in total. The van der Waals surface area contributed by atoms with Gasteiger partial charge in [0.05, 0.1) is 6.61 Å². The fraction of sp³-hybridized carbons (Fsp3) is 0.364. The lowest BCUT2D eigenvalue weighted by atomic mass is 9.90. The van der Waals surface area contributed by atoms with Crippen LogP contribution in [0.5, 0.6) is 5.75 Å². The van der Waals surface area contributed by atoms with Crippen LogP contribution >= 0.6 is 0 Å². The Morgan fingerprint density at radius 2 is 1.97 bits per heavy atom. The molecule has 3 rings (SSSR count). The normalized spacial score (nSPS) is 15.7. The standard InChI is InChI=1S/C22H26N2O5/c1-15(11-12-29-18-5-3-2-4-6-18)20-13-17(16-7-8-16)9-10-19(20)21(23-14-25)24-22(26,27)28/h2-6,9-10,13-16,26-28H,7-8,11-12H2,1H3,(H,23,24,25). The molecule has 29 heavy (non-hydrogen) atoms. The molecule has 1 aliphatic rings. The maximum Gasteiger partial charge on any atom is 0.368 e. The Hall–Kier alpha value is -2.74. The summed E-state index contributed by atoms with van der Waals surface area (Å²) in [5.41, 5.74) is 2.62. The maximum absolute atomic E-state index is 11.0. The van der Waals surface area contributed by atoms with Gasteiger partial charge >= 0.3 is 6.10 Å². The van der Waals surface area contributed by atoms with Crippen LogP contribution in [0.3, 0.4) is 0 Å². The quantitative estimate of drug-likeness (QED) is 0.223. The maximum atomic E-state index is 11.0. The molecular formula is C22H26N2O5. The third kappa shape index (κ3) is 6.12. The van der Waals surface area contributed by atoms with Crippen LogP contribution in [0.2, 0.25) is 0 Å². The van der Waals surface area contributed by atoms with Gasteiger partial charge < -0.3 is 20.1 Å². The van der Waals surface area contributed by atoms with Gasteiger partial charge in [-0.2, -0.15) is 4.99 Å². The zero-order valence-electron chi connectivity index (χ0n) is 16.3. The Bertz CT molecular complexity index is 857. The number of aliphatic imine (C=N–C) groups is 1. The second kappa shape index (κ2) is 9.17. The van der Waals surface area contributed by atoms with Crippen LogP contribution in [0.4, 0.5) is 0 Å². The molecule has 0 spiro atoms. The molecular weight excluding hydrogens is 372 g/mol. The number of amidine groups is 1. The van der Waals surface area contributed by atoms with E-state index in [4.69, 9.17) is 4.74 Å². The first-order valence-electron chi connectivity index (χ1n) is 9.66. The van der Waals surface area contributed by atoms with E-state index >= 15 is 0 Å². The molecule has 1 unspecified atom stereocenters. The molecule has 1 saturated carbocycles. The summed E-state index contributed by atoms with van der Waals surface area (Å²) in [5.74, 6) is 1.25. The number of benzene rings is 2. The summed E-state index contributed by atoms with van der Waals surface area (Å²) in [6.45, 7) is 2.53. The molecule has 7 heteroatoms. The number of rotatable bonds is 9. The van der Waals surface area contributed by atoms with Gasteiger partial charge in [0.15, 0.2) is 0 Å². The summed E-state index contributed by atoms with van der Waals surface area (Å²) < 4.78 is 5.79. The first kappa shape index (κ1) is 21.0. The van der Waals surface area contributed by atoms with Crippen molar-refractivity contribution in [3.63, 3.8) is 0 Å². The third-order valence-corrected chi connectivity index (χ3v) is 4.94. The molecule has 1 aliphatic carbocycles. The number of ether oxygens (including phenoxy) is 1. The van der Waals surface area contributed by atoms with Crippen molar-refractivity contribution < 1.29 is 24.9 Å². The molecule has 154 valence electrons. The zero-order valence-corrected chi connectivity index (χ0v) is 16.3. The van der Waals surface area contributed by atoms with Gasteiger partial charge in [-0.1, -0.05) is 43.3 Å². The highest BCUT2D eigenvalue weighted by Crippen LogP contribution is 2.41. The lowest BCUT2D eigenvalue weighted by molar-refractivity contribution is -0.321. The van der Waals surface area contributed by atoms with Crippen molar-refractivity contribution in [3.8, 4) is 5.75 Å². The van der Waals surface area contributed by atoms with Gasteiger partial charge in [0.2, 0.25) is 6.41 Å². The van der Waals surface area contributed by atoms with Gasteiger partial charge in [0.25, 0.3) is 0 Å². The molecule has 1 atom stereocenters. The third-order valence-electron chi connectivity index (χ3n) is 4.94. The molecule has 2 aromatic carbocycles. The first-order chi connectivity index (χ1) is 13.9. The van der Waals surface area contributed by atoms with Gasteiger partial charge in [0, 0.05) is 5.56 Å². The lowest BCUT2D eigenvalue weighted by Gasteiger charge is -2.23. The molecule has 2 aromatic rings. The Morgan fingerprint density at radius 3 is 2.59 bits per heavy atom. The number of aliphatic hydroxyl groups is 3. The van der Waals surface area contributed by atoms with E-state index < -0.39 is 6.10 Å². The molecule has 0 saturated heterocycles. The van der Waals surface area contributed by atoms with Crippen molar-refractivity contribution in [2.45, 2.75) is 44.1 Å². The van der Waals surface area contributed by atoms with Gasteiger partial charge in [-0.25, -0.2) is 0 Å². The van der Waals surface area contributed by atoms with Crippen LogP contribution in [0.15, 0.2) is 53.5 Å². The number of nitrogens with one attached hydrogen (secondary N) is 1. The average molecular weight is 398 g/mol. The molecule has 0 aliphatic heterocycles. The van der Waals surface area contributed by atoms with Crippen LogP contribution in [0, 0.1) is 0 Å². The largest absolute Gasteiger partial charge is 0.494 e. The highest BCUT2D eigenvalue weighted by molar-refractivity contribution is 6.03. The summed E-state index contributed by atoms with van der Waals surface area (Å²) in [4.78, 5) is 14.6. The van der Waals surface area contributed by atoms with E-state index in [2.05, 4.69) is 16.4 Å². The van der Waals surface area contributed by atoms with Crippen LogP contribution in [-0.4, -0.2) is 40.3 Å². The van der Waals surface area contributed by atoms with Crippen molar-refractivity contribution >= 4 is 12.2 Å². The zero-order chi connectivity index (χ0) is 20.9. The van der Waals surface area contributed by atoms with E-state index in [0.29, 0.717) is 24.5 Å². The topological polar surface area (TPSA) is 111 Å².